The predicted molar refractivity (Wildman–Crippen MR) is 182 cm³/mol. The summed E-state index contributed by atoms with van der Waals surface area (Å²) in [4.78, 5) is 32.6. The van der Waals surface area contributed by atoms with Crippen molar-refractivity contribution in [1.29, 1.82) is 0 Å². The third kappa shape index (κ3) is 6.46. The molecule has 15 heteroatoms. The van der Waals surface area contributed by atoms with Gasteiger partial charge < -0.3 is 10.2 Å². The van der Waals surface area contributed by atoms with Gasteiger partial charge in [-0.1, -0.05) is 18.2 Å². The molecule has 4 aromatic rings. The van der Waals surface area contributed by atoms with Gasteiger partial charge in [-0.3, -0.25) is 18.8 Å². The number of hydrogen-bond donors (Lipinski definition) is 1. The van der Waals surface area contributed by atoms with Crippen LogP contribution in [0.2, 0.25) is 0 Å². The van der Waals surface area contributed by atoms with Crippen LogP contribution in [-0.2, 0) is 47.0 Å². The van der Waals surface area contributed by atoms with E-state index in [0.29, 0.717) is 40.7 Å². The van der Waals surface area contributed by atoms with Crippen molar-refractivity contribution >= 4 is 26.8 Å². The summed E-state index contributed by atoms with van der Waals surface area (Å²) in [5, 5.41) is 8.19. The topological polar surface area (TPSA) is 122 Å². The van der Waals surface area contributed by atoms with Gasteiger partial charge >= 0.3 is 6.18 Å². The number of amides is 1. The Morgan fingerprint density at radius 1 is 1.00 bits per heavy atom. The minimum atomic E-state index is -4.68. The minimum absolute atomic E-state index is 0.0588. The number of aromatic nitrogens is 4. The van der Waals surface area contributed by atoms with Gasteiger partial charge in [-0.25, -0.2) is 13.4 Å². The highest BCUT2D eigenvalue weighted by molar-refractivity contribution is 7.88. The van der Waals surface area contributed by atoms with E-state index in [1.165, 1.54) is 21.0 Å². The van der Waals surface area contributed by atoms with Crippen molar-refractivity contribution in [3.63, 3.8) is 0 Å². The first kappa shape index (κ1) is 34.4. The third-order valence-electron chi connectivity index (χ3n) is 10.7. The number of hydrogen-bond acceptors (Lipinski definition) is 7. The molecule has 2 fully saturated rings. The number of nitrogens with one attached hydrogen (secondary N) is 1. The summed E-state index contributed by atoms with van der Waals surface area (Å²) in [6.07, 6.45) is 0.190. The average molecular weight is 712 g/mol. The number of fused-ring (bicyclic) bond motifs is 2. The number of halogens is 3. The number of rotatable bonds is 8. The van der Waals surface area contributed by atoms with E-state index in [9.17, 15) is 31.2 Å². The Morgan fingerprint density at radius 3 is 2.46 bits per heavy atom. The zero-order valence-corrected chi connectivity index (χ0v) is 28.9. The van der Waals surface area contributed by atoms with Gasteiger partial charge in [0.1, 0.15) is 5.82 Å². The molecule has 1 spiro atoms. The van der Waals surface area contributed by atoms with Crippen molar-refractivity contribution in [1.82, 2.24) is 33.9 Å². The molecule has 2 saturated heterocycles. The molecule has 0 unspecified atom stereocenters. The van der Waals surface area contributed by atoms with Crippen LogP contribution >= 0.6 is 0 Å². The summed E-state index contributed by atoms with van der Waals surface area (Å²) in [6.45, 7) is 5.33. The van der Waals surface area contributed by atoms with E-state index in [1.807, 2.05) is 4.68 Å². The van der Waals surface area contributed by atoms with Crippen LogP contribution in [0.5, 0.6) is 0 Å². The zero-order valence-electron chi connectivity index (χ0n) is 28.1. The number of piperidine rings is 1. The molecule has 7 rings (SSSR count). The van der Waals surface area contributed by atoms with Crippen molar-refractivity contribution in [3.8, 4) is 11.3 Å². The molecule has 266 valence electrons. The van der Waals surface area contributed by atoms with Crippen LogP contribution in [0.3, 0.4) is 0 Å². The third-order valence-corrected chi connectivity index (χ3v) is 11.9. The van der Waals surface area contributed by atoms with E-state index < -0.39 is 27.3 Å². The smallest absolute Gasteiger partial charge is 0.356 e. The van der Waals surface area contributed by atoms with Crippen molar-refractivity contribution in [3.05, 3.63) is 81.0 Å². The van der Waals surface area contributed by atoms with Gasteiger partial charge in [-0.05, 0) is 82.1 Å². The molecule has 0 aliphatic carbocycles. The quantitative estimate of drug-likeness (QED) is 0.294. The summed E-state index contributed by atoms with van der Waals surface area (Å²) in [5.41, 5.74) is 1.18. The fourth-order valence-corrected chi connectivity index (χ4v) is 8.58. The number of carbonyl (C=O) groups excluding carboxylic acids is 1. The average Bonchev–Trinajstić information content (AvgIpc) is 3.62. The summed E-state index contributed by atoms with van der Waals surface area (Å²) < 4.78 is 72.8. The van der Waals surface area contributed by atoms with Crippen molar-refractivity contribution in [2.45, 2.75) is 64.8 Å². The predicted octanol–water partition coefficient (Wildman–Crippen LogP) is 3.95. The van der Waals surface area contributed by atoms with Crippen LogP contribution in [0.25, 0.3) is 22.2 Å². The zero-order chi connectivity index (χ0) is 35.4. The second-order valence-electron chi connectivity index (χ2n) is 13.8. The van der Waals surface area contributed by atoms with Gasteiger partial charge in [-0.15, -0.1) is 0 Å². The first-order valence-electron chi connectivity index (χ1n) is 16.9. The highest BCUT2D eigenvalue weighted by atomic mass is 32.2. The van der Waals surface area contributed by atoms with Gasteiger partial charge in [-0.2, -0.15) is 22.6 Å². The highest BCUT2D eigenvalue weighted by Crippen LogP contribution is 2.39. The number of nitrogens with zero attached hydrogens (tertiary/aromatic N) is 6. The number of para-hydroxylation sites is 1. The number of aryl methyl sites for hydroxylation is 2. The second kappa shape index (κ2) is 12.9. The van der Waals surface area contributed by atoms with E-state index in [-0.39, 0.29) is 42.3 Å². The standard InChI is InChI=1S/C35H40F3N7O4S/c1-23-40-29-7-4-3-6-26(29)32(46)44(23)21-25-20-24(8-9-28(25)35(36,37)38)31-27-22-43(50(2,48)49)17-10-30(27)45(41-31)16-5-15-42-18-12-34(13-19-42)11-14-39-33(34)47/h3-4,6-9,20H,5,10-19,21-22H2,1-2H3,(H,39,47). The van der Waals surface area contributed by atoms with E-state index in [2.05, 4.69) is 15.2 Å². The molecule has 3 aliphatic rings. The molecule has 1 amide bonds. The number of likely N-dealkylation sites (tertiary alicyclic amines) is 1. The molecule has 0 bridgehead atoms. The van der Waals surface area contributed by atoms with E-state index >= 15 is 0 Å². The molecule has 0 saturated carbocycles. The van der Waals surface area contributed by atoms with Crippen LogP contribution in [0.15, 0.2) is 47.3 Å². The molecule has 0 atom stereocenters. The van der Waals surface area contributed by atoms with Crippen LogP contribution in [0.4, 0.5) is 13.2 Å². The second-order valence-corrected chi connectivity index (χ2v) is 15.7. The lowest BCUT2D eigenvalue weighted by Crippen LogP contribution is -2.44. The maximum Gasteiger partial charge on any atom is 0.416 e. The molecular formula is C35H40F3N7O4S. The van der Waals surface area contributed by atoms with E-state index in [4.69, 9.17) is 5.10 Å². The fraction of sp³-hybridized carbons (Fsp3) is 0.486. The van der Waals surface area contributed by atoms with Crippen molar-refractivity contribution < 1.29 is 26.4 Å². The Morgan fingerprint density at radius 2 is 1.76 bits per heavy atom. The van der Waals surface area contributed by atoms with Gasteiger partial charge in [0.25, 0.3) is 5.56 Å². The van der Waals surface area contributed by atoms with E-state index in [0.717, 1.165) is 69.9 Å². The SMILES string of the molecule is Cc1nc2ccccc2c(=O)n1Cc1cc(-c2nn(CCCN3CCC4(CCNC4=O)CC3)c3c2CN(S(C)(=O)=O)CC3)ccc1C(F)(F)F. The Labute approximate surface area is 288 Å². The van der Waals surface area contributed by atoms with Crippen molar-refractivity contribution in [2.75, 3.05) is 39.0 Å². The van der Waals surface area contributed by atoms with Gasteiger partial charge in [0.2, 0.25) is 15.9 Å². The van der Waals surface area contributed by atoms with Crippen LogP contribution in [-0.4, -0.2) is 81.8 Å². The molecule has 5 heterocycles. The first-order valence-corrected chi connectivity index (χ1v) is 18.8. The number of benzene rings is 2. The van der Waals surface area contributed by atoms with Gasteiger partial charge in [0.15, 0.2) is 0 Å². The van der Waals surface area contributed by atoms with E-state index in [1.54, 1.807) is 31.2 Å². The first-order chi connectivity index (χ1) is 23.7. The minimum Gasteiger partial charge on any atom is -0.356 e. The Balaban J connectivity index is 1.20. The molecule has 2 aromatic carbocycles. The van der Waals surface area contributed by atoms with Gasteiger partial charge in [0.05, 0.1) is 40.4 Å². The molecule has 1 N–H and O–H groups in total. The number of carbonyl (C=O) groups is 1. The number of alkyl halides is 3. The molecule has 2 aromatic heterocycles. The molecular weight excluding hydrogens is 671 g/mol. The lowest BCUT2D eigenvalue weighted by Gasteiger charge is -2.37. The van der Waals surface area contributed by atoms with Crippen LogP contribution in [0.1, 0.15) is 53.9 Å². The lowest BCUT2D eigenvalue weighted by molar-refractivity contribution is -0.138. The van der Waals surface area contributed by atoms with Gasteiger partial charge in [0, 0.05) is 49.4 Å². The van der Waals surface area contributed by atoms with Crippen LogP contribution < -0.4 is 10.9 Å². The Bertz CT molecular complexity index is 2140. The maximum atomic E-state index is 14.4. The molecule has 50 heavy (non-hydrogen) atoms. The molecule has 3 aliphatic heterocycles. The van der Waals surface area contributed by atoms with Crippen molar-refractivity contribution in [2.24, 2.45) is 5.41 Å². The lowest BCUT2D eigenvalue weighted by atomic mass is 9.77. The maximum absolute atomic E-state index is 14.4. The normalized spacial score (nSPS) is 18.5. The highest BCUT2D eigenvalue weighted by Gasteiger charge is 2.44. The molecule has 0 radical (unpaired) electrons. The Kier molecular flexibility index (Phi) is 8.88. The fourth-order valence-electron chi connectivity index (χ4n) is 7.79. The largest absolute Gasteiger partial charge is 0.416 e. The molecule has 11 nitrogen and oxygen atoms in total. The summed E-state index contributed by atoms with van der Waals surface area (Å²) >= 11 is 0. The summed E-state index contributed by atoms with van der Waals surface area (Å²) in [5.74, 6) is 0.451. The van der Waals surface area contributed by atoms with Crippen LogP contribution in [0, 0.1) is 12.3 Å². The summed E-state index contributed by atoms with van der Waals surface area (Å²) in [6, 6.07) is 10.5. The Hall–Kier alpha value is -4.08. The summed E-state index contributed by atoms with van der Waals surface area (Å²) in [7, 11) is -3.54. The monoisotopic (exact) mass is 711 g/mol. The number of sulfonamides is 1.